The summed E-state index contributed by atoms with van der Waals surface area (Å²) in [6, 6.07) is 5.18. The zero-order chi connectivity index (χ0) is 23.8. The van der Waals surface area contributed by atoms with Gasteiger partial charge in [0.15, 0.2) is 17.3 Å². The van der Waals surface area contributed by atoms with Crippen LogP contribution in [-0.4, -0.2) is 49.3 Å². The Balaban J connectivity index is 1.67. The first kappa shape index (κ1) is 22.9. The average Bonchev–Trinajstić information content (AvgIpc) is 3.42. The predicted octanol–water partition coefficient (Wildman–Crippen LogP) is 4.39. The normalized spacial score (nSPS) is 22.2. The minimum absolute atomic E-state index is 0.00535. The third-order valence-corrected chi connectivity index (χ3v) is 6.38. The molecular weight excluding hydrogens is 450 g/mol. The highest BCUT2D eigenvalue weighted by molar-refractivity contribution is 6.35. The van der Waals surface area contributed by atoms with Gasteiger partial charge < -0.3 is 23.7 Å². The lowest BCUT2D eigenvalue weighted by atomic mass is 9.73. The molecule has 1 aromatic heterocycles. The highest BCUT2D eigenvalue weighted by atomic mass is 35.5. The van der Waals surface area contributed by atoms with E-state index < -0.39 is 23.1 Å². The van der Waals surface area contributed by atoms with Gasteiger partial charge in [0.25, 0.3) is 0 Å². The molecule has 2 atom stereocenters. The molecule has 1 aliphatic heterocycles. The number of aliphatic hydroxyl groups is 1. The molecule has 4 rings (SSSR count). The number of carbonyl (C=O) groups excluding carboxylic acids is 2. The van der Waals surface area contributed by atoms with Crippen LogP contribution in [0, 0.1) is 5.92 Å². The van der Waals surface area contributed by atoms with Crippen LogP contribution in [0.15, 0.2) is 45.2 Å². The molecule has 1 N–H and O–H groups in total. The number of ketones is 2. The van der Waals surface area contributed by atoms with Crippen molar-refractivity contribution in [2.75, 3.05) is 20.8 Å². The van der Waals surface area contributed by atoms with Gasteiger partial charge in [-0.05, 0) is 18.6 Å². The summed E-state index contributed by atoms with van der Waals surface area (Å²) in [7, 11) is 2.84. The lowest BCUT2D eigenvalue weighted by molar-refractivity contribution is -0.118. The number of methoxy groups -OCH3 is 2. The number of halogens is 1. The number of aliphatic hydroxyl groups excluding tert-OH is 1. The summed E-state index contributed by atoms with van der Waals surface area (Å²) in [5, 5.41) is 11.3. The number of rotatable bonds is 7. The van der Waals surface area contributed by atoms with Gasteiger partial charge in [-0.25, -0.2) is 0 Å². The Labute approximate surface area is 195 Å². The Morgan fingerprint density at radius 1 is 1.30 bits per heavy atom. The Morgan fingerprint density at radius 3 is 2.73 bits per heavy atom. The van der Waals surface area contributed by atoms with Crippen LogP contribution >= 0.6 is 11.6 Å². The van der Waals surface area contributed by atoms with Crippen molar-refractivity contribution in [3.8, 4) is 17.2 Å². The molecule has 174 valence electrons. The summed E-state index contributed by atoms with van der Waals surface area (Å²) in [6.07, 6.45) is 4.31. The van der Waals surface area contributed by atoms with Crippen molar-refractivity contribution in [2.24, 2.45) is 10.9 Å². The van der Waals surface area contributed by atoms with Crippen LogP contribution in [0.25, 0.3) is 0 Å². The Hall–Kier alpha value is -3.26. The molecule has 0 fully saturated rings. The van der Waals surface area contributed by atoms with Crippen LogP contribution in [-0.2, 0) is 11.2 Å². The number of nitrogens with zero attached hydrogens (tertiary/aromatic N) is 1. The lowest BCUT2D eigenvalue weighted by Gasteiger charge is -2.36. The first-order valence-electron chi connectivity index (χ1n) is 10.5. The highest BCUT2D eigenvalue weighted by Gasteiger charge is 2.60. The number of furan rings is 1. The van der Waals surface area contributed by atoms with Crippen LogP contribution in [0.1, 0.15) is 35.9 Å². The largest absolute Gasteiger partial charge is 0.507 e. The van der Waals surface area contributed by atoms with Crippen molar-refractivity contribution in [3.05, 3.63) is 52.1 Å². The van der Waals surface area contributed by atoms with E-state index in [9.17, 15) is 14.7 Å². The van der Waals surface area contributed by atoms with E-state index in [-0.39, 0.29) is 45.6 Å². The minimum Gasteiger partial charge on any atom is -0.507 e. The molecule has 0 bridgehead atoms. The molecule has 0 radical (unpaired) electrons. The Morgan fingerprint density at radius 2 is 2.06 bits per heavy atom. The molecule has 2 heterocycles. The molecular formula is C24H24ClNO7. The fourth-order valence-corrected chi connectivity index (χ4v) is 4.53. The van der Waals surface area contributed by atoms with Gasteiger partial charge in [-0.2, -0.15) is 0 Å². The number of hydrogen-bond donors (Lipinski definition) is 1. The number of allylic oxidation sites excluding steroid dienone is 1. The number of carbonyl (C=O) groups is 2. The monoisotopic (exact) mass is 473 g/mol. The van der Waals surface area contributed by atoms with Crippen molar-refractivity contribution in [3.63, 3.8) is 0 Å². The fraction of sp³-hybridized carbons (Fsp3) is 0.375. The van der Waals surface area contributed by atoms with Gasteiger partial charge in [-0.1, -0.05) is 18.5 Å². The van der Waals surface area contributed by atoms with Crippen LogP contribution in [0.4, 0.5) is 0 Å². The van der Waals surface area contributed by atoms with Crippen LogP contribution < -0.4 is 14.2 Å². The molecule has 1 spiro atoms. The molecule has 8 nitrogen and oxygen atoms in total. The van der Waals surface area contributed by atoms with E-state index in [0.717, 1.165) is 5.76 Å². The second-order valence-electron chi connectivity index (χ2n) is 7.97. The summed E-state index contributed by atoms with van der Waals surface area (Å²) in [6.45, 7) is 2.09. The summed E-state index contributed by atoms with van der Waals surface area (Å²) >= 11 is 6.42. The summed E-state index contributed by atoms with van der Waals surface area (Å²) < 4.78 is 22.0. The first-order valence-corrected chi connectivity index (χ1v) is 10.9. The van der Waals surface area contributed by atoms with Crippen molar-refractivity contribution in [2.45, 2.75) is 31.8 Å². The zero-order valence-electron chi connectivity index (χ0n) is 18.5. The smallest absolute Gasteiger partial charge is 0.231 e. The highest BCUT2D eigenvalue weighted by Crippen LogP contribution is 2.54. The van der Waals surface area contributed by atoms with Crippen molar-refractivity contribution in [1.82, 2.24) is 0 Å². The van der Waals surface area contributed by atoms with E-state index >= 15 is 0 Å². The lowest BCUT2D eigenvalue weighted by Crippen LogP contribution is -2.52. The number of benzene rings is 1. The van der Waals surface area contributed by atoms with E-state index in [1.54, 1.807) is 13.2 Å². The summed E-state index contributed by atoms with van der Waals surface area (Å²) in [5.41, 5.74) is -1.74. The van der Waals surface area contributed by atoms with Gasteiger partial charge in [0, 0.05) is 37.6 Å². The van der Waals surface area contributed by atoms with Gasteiger partial charge in [0.1, 0.15) is 27.8 Å². The van der Waals surface area contributed by atoms with Crippen molar-refractivity contribution >= 4 is 29.4 Å². The van der Waals surface area contributed by atoms with E-state index in [1.807, 2.05) is 12.1 Å². The fourth-order valence-electron chi connectivity index (χ4n) is 4.27. The third kappa shape index (κ3) is 3.68. The molecule has 1 aliphatic carbocycles. The number of fused-ring (bicyclic) bond motifs is 1. The third-order valence-electron chi connectivity index (χ3n) is 6.02. The van der Waals surface area contributed by atoms with Crippen LogP contribution in [0.3, 0.4) is 0 Å². The number of aliphatic imine (C=N–C) groups is 1. The van der Waals surface area contributed by atoms with Crippen molar-refractivity contribution in [1.29, 1.82) is 0 Å². The molecule has 9 heteroatoms. The molecule has 0 amide bonds. The number of hydrogen-bond acceptors (Lipinski definition) is 8. The second-order valence-corrected chi connectivity index (χ2v) is 8.35. The molecule has 33 heavy (non-hydrogen) atoms. The molecule has 2 aliphatic rings. The number of Topliss-reactive ketones (excluding diaryl/α,β-unsaturated/α-hetero) is 2. The molecule has 1 aromatic carbocycles. The van der Waals surface area contributed by atoms with Crippen molar-refractivity contribution < 1.29 is 33.3 Å². The Kier molecular flexibility index (Phi) is 6.21. The standard InChI is InChI=1S/C24H24ClNO7/c1-13-10-16(27)15(12-26-8-4-6-14-7-5-9-32-14)22(28)24(13)23(29)19-17(30-2)11-18(31-3)20(25)21(19)33-24/h5,7,9,11-13,28H,4,6,8,10H2,1-3H3/t13-,24+/m1/s1. The zero-order valence-corrected chi connectivity index (χ0v) is 19.3. The maximum absolute atomic E-state index is 13.6. The maximum Gasteiger partial charge on any atom is 0.231 e. The molecule has 0 saturated heterocycles. The van der Waals surface area contributed by atoms with Gasteiger partial charge >= 0.3 is 0 Å². The number of ether oxygens (including phenoxy) is 3. The summed E-state index contributed by atoms with van der Waals surface area (Å²) in [5.74, 6) is -0.592. The predicted molar refractivity (Wildman–Crippen MR) is 121 cm³/mol. The van der Waals surface area contributed by atoms with Crippen LogP contribution in [0.5, 0.6) is 17.2 Å². The minimum atomic E-state index is -1.80. The second kappa shape index (κ2) is 8.94. The van der Waals surface area contributed by atoms with Gasteiger partial charge in [0.05, 0.1) is 26.1 Å². The average molecular weight is 474 g/mol. The van der Waals surface area contributed by atoms with E-state index in [0.29, 0.717) is 19.4 Å². The molecule has 0 saturated carbocycles. The maximum atomic E-state index is 13.6. The summed E-state index contributed by atoms with van der Waals surface area (Å²) in [4.78, 5) is 30.6. The van der Waals surface area contributed by atoms with Crippen LogP contribution in [0.2, 0.25) is 5.02 Å². The van der Waals surface area contributed by atoms with Gasteiger partial charge in [-0.3, -0.25) is 14.6 Å². The van der Waals surface area contributed by atoms with Gasteiger partial charge in [0.2, 0.25) is 11.4 Å². The quantitative estimate of drug-likeness (QED) is 0.469. The van der Waals surface area contributed by atoms with E-state index in [4.69, 9.17) is 30.2 Å². The first-order chi connectivity index (χ1) is 15.8. The van der Waals surface area contributed by atoms with Gasteiger partial charge in [-0.15, -0.1) is 0 Å². The topological polar surface area (TPSA) is 108 Å². The molecule has 2 aromatic rings. The van der Waals surface area contributed by atoms with E-state index in [1.165, 1.54) is 26.5 Å². The van der Waals surface area contributed by atoms with E-state index in [2.05, 4.69) is 4.99 Å². The molecule has 0 unspecified atom stereocenters. The number of aryl methyl sites for hydroxylation is 1. The SMILES string of the molecule is COc1cc(OC)c2c(c1Cl)O[C@]1(C2=O)C(O)=C(C=NCCCc2ccco2)C(=O)C[C@H]1C. The Bertz CT molecular complexity index is 1150.